The van der Waals surface area contributed by atoms with Gasteiger partial charge in [-0.25, -0.2) is 4.21 Å². The molecular weight excluding hydrogens is 409 g/mol. The summed E-state index contributed by atoms with van der Waals surface area (Å²) in [6.07, 6.45) is 4.38. The normalized spacial score (nSPS) is 21.1. The van der Waals surface area contributed by atoms with Crippen LogP contribution in [-0.2, 0) is 20.7 Å². The number of hydroxylamine groups is 1. The van der Waals surface area contributed by atoms with E-state index in [0.29, 0.717) is 21.6 Å². The van der Waals surface area contributed by atoms with Crippen LogP contribution in [0.4, 0.5) is 0 Å². The number of carbonyl (C=O) groups excluding carboxylic acids is 2. The number of ether oxygens (including phenoxy) is 1. The van der Waals surface area contributed by atoms with Crippen molar-refractivity contribution in [3.05, 3.63) is 58.1 Å². The number of aromatic nitrogens is 1. The maximum Gasteiger partial charge on any atom is 1.00 e. The first-order chi connectivity index (χ1) is 13.1. The summed E-state index contributed by atoms with van der Waals surface area (Å²) < 4.78 is 29.7. The first kappa shape index (κ1) is 23.3. The van der Waals surface area contributed by atoms with Crippen LogP contribution in [0.25, 0.3) is 0 Å². The van der Waals surface area contributed by atoms with Crippen molar-refractivity contribution in [2.24, 2.45) is 11.7 Å². The Kier molecular flexibility index (Phi) is 7.07. The third-order valence-corrected chi connectivity index (χ3v) is 5.66. The number of amides is 1. The number of carbonyl (C=O) groups is 2. The zero-order valence-electron chi connectivity index (χ0n) is 17.2. The number of hydrogen-bond acceptors (Lipinski definition) is 5. The van der Waals surface area contributed by atoms with Crippen molar-refractivity contribution in [2.45, 2.75) is 25.6 Å². The minimum absolute atomic E-state index is 0. The van der Waals surface area contributed by atoms with E-state index in [1.807, 2.05) is 0 Å². The van der Waals surface area contributed by atoms with E-state index in [2.05, 4.69) is 6.58 Å². The summed E-state index contributed by atoms with van der Waals surface area (Å²) in [5.41, 5.74) is 6.92. The van der Waals surface area contributed by atoms with Crippen LogP contribution in [0.15, 0.2) is 41.6 Å². The molecule has 1 aliphatic heterocycles. The molecule has 0 saturated carbocycles. The Morgan fingerprint density at radius 2 is 2.14 bits per heavy atom. The van der Waals surface area contributed by atoms with Crippen molar-refractivity contribution in [3.63, 3.8) is 0 Å². The number of fused-ring (bicyclic) bond motifs is 2. The molecule has 29 heavy (non-hydrogen) atoms. The maximum absolute atomic E-state index is 12.7. The minimum atomic E-state index is -2.44. The number of allylic oxidation sites excluding steroid dienone is 3. The number of nitrogens with zero attached hydrogens (tertiary/aromatic N) is 2. The number of hydrogen-bond donors (Lipinski definition) is 2. The molecule has 1 amide bonds. The first-order valence-electron chi connectivity index (χ1n) is 8.32. The van der Waals surface area contributed by atoms with Crippen molar-refractivity contribution in [1.82, 2.24) is 4.57 Å². The number of nitrogens with two attached hydrogens (primary N) is 1. The fourth-order valence-electron chi connectivity index (χ4n) is 3.48. The van der Waals surface area contributed by atoms with E-state index in [1.54, 1.807) is 19.1 Å². The zero-order chi connectivity index (χ0) is 20.7. The van der Waals surface area contributed by atoms with Gasteiger partial charge in [0, 0.05) is 24.1 Å². The molecule has 1 aliphatic carbocycles. The van der Waals surface area contributed by atoms with Crippen molar-refractivity contribution in [2.75, 3.05) is 0 Å². The van der Waals surface area contributed by atoms with E-state index < -0.39 is 34.2 Å². The molecule has 0 bridgehead atoms. The molecule has 3 rings (SSSR count). The van der Waals surface area contributed by atoms with Crippen molar-refractivity contribution in [1.29, 1.82) is 0 Å². The van der Waals surface area contributed by atoms with Gasteiger partial charge in [-0.2, -0.15) is 4.74 Å². The molecule has 0 aromatic carbocycles. The van der Waals surface area contributed by atoms with Gasteiger partial charge < -0.3 is 21.7 Å². The smallest absolute Gasteiger partial charge is 1.00 e. The van der Waals surface area contributed by atoms with Gasteiger partial charge in [0.1, 0.15) is 5.69 Å². The van der Waals surface area contributed by atoms with Gasteiger partial charge in [-0.05, 0) is 25.0 Å². The predicted molar refractivity (Wildman–Crippen MR) is 103 cm³/mol. The molecule has 3 atom stereocenters. The molecule has 1 aromatic rings. The fourth-order valence-corrected chi connectivity index (χ4v) is 4.39. The molecule has 0 spiro atoms. The number of primary amides is 1. The summed E-state index contributed by atoms with van der Waals surface area (Å²) in [5.74, 6) is -2.01. The van der Waals surface area contributed by atoms with Crippen molar-refractivity contribution in [3.8, 4) is 5.88 Å². The van der Waals surface area contributed by atoms with E-state index in [0.717, 1.165) is 0 Å². The average molecular weight is 429 g/mol. The van der Waals surface area contributed by atoms with E-state index >= 15 is 0 Å². The average Bonchev–Trinajstić information content (AvgIpc) is 2.82. The molecule has 9 nitrogen and oxygen atoms in total. The quantitative estimate of drug-likeness (QED) is 0.147. The summed E-state index contributed by atoms with van der Waals surface area (Å²) in [7, 11) is 0. The Morgan fingerprint density at radius 3 is 2.69 bits per heavy atom. The Hall–Kier alpha value is -1.98. The molecule has 11 heteroatoms. The van der Waals surface area contributed by atoms with Gasteiger partial charge in [0.2, 0.25) is 18.0 Å². The maximum atomic E-state index is 12.7. The molecule has 0 saturated heterocycles. The topological polar surface area (TPSA) is 138 Å². The van der Waals surface area contributed by atoms with Gasteiger partial charge in [-0.3, -0.25) is 14.2 Å². The Labute approximate surface area is 193 Å². The first-order valence-corrected chi connectivity index (χ1v) is 9.49. The van der Waals surface area contributed by atoms with Crippen LogP contribution in [0.2, 0.25) is 0 Å². The largest absolute Gasteiger partial charge is 1.00 e. The van der Waals surface area contributed by atoms with E-state index in [1.165, 1.54) is 23.8 Å². The summed E-state index contributed by atoms with van der Waals surface area (Å²) in [4.78, 5) is 23.0. The minimum Gasteiger partial charge on any atom is -1.00 e. The van der Waals surface area contributed by atoms with Gasteiger partial charge in [-0.15, -0.1) is 0 Å². The zero-order valence-corrected chi connectivity index (χ0v) is 19.1. The number of esters is 1. The second kappa shape index (κ2) is 8.80. The van der Waals surface area contributed by atoms with E-state index in [-0.39, 0.29) is 54.6 Å². The Morgan fingerprint density at radius 1 is 1.48 bits per heavy atom. The van der Waals surface area contributed by atoms with Crippen molar-refractivity contribution >= 4 is 29.2 Å². The Balaban J connectivity index is 0.00000225. The molecular formula is C18H20N3NaO6S. The summed E-state index contributed by atoms with van der Waals surface area (Å²) >= 11 is -2.44. The van der Waals surface area contributed by atoms with Crippen LogP contribution >= 0.6 is 0 Å². The van der Waals surface area contributed by atoms with Gasteiger partial charge in [-0.1, -0.05) is 12.7 Å². The molecule has 1 aromatic heterocycles. The van der Waals surface area contributed by atoms with E-state index in [9.17, 15) is 23.6 Å². The van der Waals surface area contributed by atoms with Gasteiger partial charge in [0.05, 0.1) is 5.92 Å². The van der Waals surface area contributed by atoms with E-state index in [4.69, 9.17) is 10.5 Å². The summed E-state index contributed by atoms with van der Waals surface area (Å²) in [6, 6.07) is 1.59. The second-order valence-electron chi connectivity index (χ2n) is 6.58. The molecule has 2 heterocycles. The molecule has 2 aliphatic rings. The molecule has 0 radical (unpaired) electrons. The van der Waals surface area contributed by atoms with Crippen LogP contribution in [0.1, 0.15) is 31.4 Å². The predicted octanol–water partition coefficient (Wildman–Crippen LogP) is -1.63. The van der Waals surface area contributed by atoms with Gasteiger partial charge in [0.15, 0.2) is 22.2 Å². The summed E-state index contributed by atoms with van der Waals surface area (Å²) in [6.45, 7) is 6.53. The molecule has 3 unspecified atom stereocenters. The van der Waals surface area contributed by atoms with Crippen LogP contribution < -0.4 is 40.0 Å². The molecule has 0 fully saturated rings. The molecule has 150 valence electrons. The second-order valence-corrected chi connectivity index (χ2v) is 7.61. The summed E-state index contributed by atoms with van der Waals surface area (Å²) in [5, 5.41) is 11.5. The molecule has 3 N–H and O–H groups in total. The van der Waals surface area contributed by atoms with Crippen LogP contribution in [-0.4, -0.2) is 36.2 Å². The number of rotatable bonds is 4. The fraction of sp³-hybridized carbons (Fsp3) is 0.278. The SMILES string of the molecule is C=C(C(N)=O)C1=CC=C2C(C1)C(S(=O)O)n1c(cc(C)c1OC(C)=O)C=[N+]2[O-].[H-].[Na+]. The van der Waals surface area contributed by atoms with Gasteiger partial charge in [0.25, 0.3) is 0 Å². The van der Waals surface area contributed by atoms with Crippen LogP contribution in [0.5, 0.6) is 5.88 Å². The Bertz CT molecular complexity index is 1030. The van der Waals surface area contributed by atoms with Crippen molar-refractivity contribution < 1.29 is 58.8 Å². The monoisotopic (exact) mass is 429 g/mol. The van der Waals surface area contributed by atoms with Gasteiger partial charge >= 0.3 is 35.5 Å². The number of aryl methyl sites for hydroxylation is 1. The van der Waals surface area contributed by atoms with Crippen LogP contribution in [0, 0.1) is 18.0 Å². The third-order valence-electron chi connectivity index (χ3n) is 4.71. The van der Waals surface area contributed by atoms with Crippen LogP contribution in [0.3, 0.4) is 0 Å². The third kappa shape index (κ3) is 4.31. The standard InChI is InChI=1S/C18H19N3O6S.Na.H/c1-9-6-13-8-20(24)15-5-4-12(10(2)16(19)23)7-14(15)18(28(25)26)21(13)17(9)27-11(3)22;;/h4-6,8,14,18H,2,7H2,1,3H3,(H2,19,23)(H,25,26);;/q;+1;-1.